The van der Waals surface area contributed by atoms with Gasteiger partial charge in [-0.1, -0.05) is 27.7 Å². The predicted molar refractivity (Wildman–Crippen MR) is 128 cm³/mol. The minimum atomic E-state index is -5.08. The Morgan fingerprint density at radius 3 is 2.17 bits per heavy atom. The second-order valence-corrected chi connectivity index (χ2v) is 8.57. The zero-order valence-electron chi connectivity index (χ0n) is 20.7. The molecule has 1 aromatic rings. The fraction of sp³-hybridized carbons (Fsp3) is 0.652. The van der Waals surface area contributed by atoms with Gasteiger partial charge in [-0.2, -0.15) is 13.2 Å². The van der Waals surface area contributed by atoms with E-state index in [0.29, 0.717) is 23.5 Å². The summed E-state index contributed by atoms with van der Waals surface area (Å²) in [6.45, 7) is 13.0. The zero-order chi connectivity index (χ0) is 26.6. The van der Waals surface area contributed by atoms with Crippen LogP contribution in [0.15, 0.2) is 12.3 Å². The molecule has 0 aliphatic carbocycles. The summed E-state index contributed by atoms with van der Waals surface area (Å²) in [5.74, 6) is -1.83. The van der Waals surface area contributed by atoms with E-state index in [1.165, 1.54) is 0 Å². The number of hydrogen-bond donors (Lipinski definition) is 3. The number of aromatic nitrogens is 1. The molecule has 2 amide bonds. The maximum absolute atomic E-state index is 13.3. The summed E-state index contributed by atoms with van der Waals surface area (Å²) >= 11 is 0. The molecule has 0 atom stereocenters. The number of piperazine rings is 1. The van der Waals surface area contributed by atoms with Crippen LogP contribution in [0.3, 0.4) is 0 Å². The molecule has 1 aromatic heterocycles. The Morgan fingerprint density at radius 1 is 1.17 bits per heavy atom. The van der Waals surface area contributed by atoms with E-state index in [0.717, 1.165) is 52.1 Å². The van der Waals surface area contributed by atoms with Crippen LogP contribution >= 0.6 is 0 Å². The SMILES string of the molecule is CCCN(CCC)C(=O)c1cc(NC(=O)CC(C)C)cnc1N1CCNCC1.O=C(O)C(F)(F)F. The van der Waals surface area contributed by atoms with E-state index in [2.05, 4.69) is 34.4 Å². The number of carboxylic acids is 1. The first-order chi connectivity index (χ1) is 16.4. The minimum Gasteiger partial charge on any atom is -0.475 e. The molecule has 1 saturated heterocycles. The van der Waals surface area contributed by atoms with Gasteiger partial charge in [0.15, 0.2) is 0 Å². The van der Waals surface area contributed by atoms with Gasteiger partial charge in [-0.3, -0.25) is 9.59 Å². The van der Waals surface area contributed by atoms with Gasteiger partial charge < -0.3 is 25.5 Å². The van der Waals surface area contributed by atoms with Gasteiger partial charge in [-0.25, -0.2) is 9.78 Å². The van der Waals surface area contributed by atoms with Gasteiger partial charge in [0.25, 0.3) is 5.91 Å². The number of halogens is 3. The van der Waals surface area contributed by atoms with Crippen molar-refractivity contribution in [3.05, 3.63) is 17.8 Å². The van der Waals surface area contributed by atoms with Gasteiger partial charge in [-0.15, -0.1) is 0 Å². The maximum atomic E-state index is 13.3. The first kappa shape index (κ1) is 30.1. The van der Waals surface area contributed by atoms with Crippen LogP contribution in [0.4, 0.5) is 24.7 Å². The molecule has 2 heterocycles. The van der Waals surface area contributed by atoms with Crippen LogP contribution < -0.4 is 15.5 Å². The first-order valence-electron chi connectivity index (χ1n) is 11.8. The molecule has 0 saturated carbocycles. The maximum Gasteiger partial charge on any atom is 0.490 e. The Balaban J connectivity index is 0.000000762. The molecule has 0 spiro atoms. The number of carbonyl (C=O) groups excluding carboxylic acids is 2. The number of anilines is 2. The van der Waals surface area contributed by atoms with Crippen LogP contribution in [-0.4, -0.2) is 78.2 Å². The van der Waals surface area contributed by atoms with E-state index in [4.69, 9.17) is 9.90 Å². The number of alkyl halides is 3. The van der Waals surface area contributed by atoms with E-state index in [1.807, 2.05) is 18.7 Å². The highest BCUT2D eigenvalue weighted by molar-refractivity contribution is 6.01. The Morgan fingerprint density at radius 2 is 1.71 bits per heavy atom. The third-order valence-electron chi connectivity index (χ3n) is 4.91. The molecule has 0 bridgehead atoms. The average molecular weight is 504 g/mol. The predicted octanol–water partition coefficient (Wildman–Crippen LogP) is 3.37. The molecule has 35 heavy (non-hydrogen) atoms. The van der Waals surface area contributed by atoms with E-state index in [1.54, 1.807) is 12.3 Å². The summed E-state index contributed by atoms with van der Waals surface area (Å²) in [7, 11) is 0. The highest BCUT2D eigenvalue weighted by Crippen LogP contribution is 2.24. The largest absolute Gasteiger partial charge is 0.490 e. The molecule has 1 aliphatic rings. The van der Waals surface area contributed by atoms with Gasteiger partial charge in [0, 0.05) is 45.7 Å². The summed E-state index contributed by atoms with van der Waals surface area (Å²) < 4.78 is 31.7. The molecular formula is C23H36F3N5O4. The van der Waals surface area contributed by atoms with Crippen molar-refractivity contribution < 1.29 is 32.7 Å². The molecular weight excluding hydrogens is 467 g/mol. The second kappa shape index (κ2) is 14.5. The van der Waals surface area contributed by atoms with Crippen molar-refractivity contribution >= 4 is 29.3 Å². The average Bonchev–Trinajstić information content (AvgIpc) is 2.78. The van der Waals surface area contributed by atoms with Crippen LogP contribution in [0.2, 0.25) is 0 Å². The summed E-state index contributed by atoms with van der Waals surface area (Å²) in [6, 6.07) is 1.79. The number of pyridine rings is 1. The lowest BCUT2D eigenvalue weighted by atomic mass is 10.1. The van der Waals surface area contributed by atoms with Crippen LogP contribution in [0, 0.1) is 5.92 Å². The standard InChI is InChI=1S/C21H35N5O2.C2HF3O2/c1-5-9-26(10-6-2)21(28)18-14-17(24-19(27)13-16(3)4)15-23-20(18)25-11-7-22-8-12-25;3-2(4,5)1(6)7/h14-16,22H,5-13H2,1-4H3,(H,24,27);(H,6,7). The van der Waals surface area contributed by atoms with Crippen molar-refractivity contribution in [3.63, 3.8) is 0 Å². The van der Waals surface area contributed by atoms with Gasteiger partial charge in [0.1, 0.15) is 5.82 Å². The topological polar surface area (TPSA) is 115 Å². The van der Waals surface area contributed by atoms with Crippen LogP contribution in [0.5, 0.6) is 0 Å². The third kappa shape index (κ3) is 10.5. The van der Waals surface area contributed by atoms with Crippen molar-refractivity contribution in [3.8, 4) is 0 Å². The molecule has 1 fully saturated rings. The van der Waals surface area contributed by atoms with E-state index < -0.39 is 12.1 Å². The molecule has 0 aromatic carbocycles. The number of rotatable bonds is 9. The van der Waals surface area contributed by atoms with Gasteiger partial charge in [0.2, 0.25) is 5.91 Å². The second-order valence-electron chi connectivity index (χ2n) is 8.57. The smallest absolute Gasteiger partial charge is 0.475 e. The van der Waals surface area contributed by atoms with Crippen LogP contribution in [-0.2, 0) is 9.59 Å². The molecule has 0 unspecified atom stereocenters. The van der Waals surface area contributed by atoms with E-state index in [9.17, 15) is 22.8 Å². The fourth-order valence-corrected chi connectivity index (χ4v) is 3.42. The summed E-state index contributed by atoms with van der Waals surface area (Å²) in [6.07, 6.45) is -1.16. The van der Waals surface area contributed by atoms with Crippen LogP contribution in [0.25, 0.3) is 0 Å². The van der Waals surface area contributed by atoms with Crippen molar-refractivity contribution in [1.82, 2.24) is 15.2 Å². The van der Waals surface area contributed by atoms with Crippen LogP contribution in [0.1, 0.15) is 57.3 Å². The Bertz CT molecular complexity index is 837. The highest BCUT2D eigenvalue weighted by Gasteiger charge is 2.38. The van der Waals surface area contributed by atoms with E-state index >= 15 is 0 Å². The quantitative estimate of drug-likeness (QED) is 0.473. The molecule has 9 nitrogen and oxygen atoms in total. The molecule has 12 heteroatoms. The molecule has 3 N–H and O–H groups in total. The van der Waals surface area contributed by atoms with Crippen molar-refractivity contribution in [2.24, 2.45) is 5.92 Å². The molecule has 0 radical (unpaired) electrons. The number of carbonyl (C=O) groups is 3. The van der Waals surface area contributed by atoms with Gasteiger partial charge in [-0.05, 0) is 24.8 Å². The molecule has 2 rings (SSSR count). The zero-order valence-corrected chi connectivity index (χ0v) is 20.7. The third-order valence-corrected chi connectivity index (χ3v) is 4.91. The number of amides is 2. The highest BCUT2D eigenvalue weighted by atomic mass is 19.4. The lowest BCUT2D eigenvalue weighted by molar-refractivity contribution is -0.192. The van der Waals surface area contributed by atoms with Crippen molar-refractivity contribution in [2.45, 2.75) is 53.1 Å². The van der Waals surface area contributed by atoms with E-state index in [-0.39, 0.29) is 17.7 Å². The first-order valence-corrected chi connectivity index (χ1v) is 11.8. The van der Waals surface area contributed by atoms with Crippen molar-refractivity contribution in [2.75, 3.05) is 49.5 Å². The molecule has 198 valence electrons. The van der Waals surface area contributed by atoms with Gasteiger partial charge >= 0.3 is 12.1 Å². The van der Waals surface area contributed by atoms with Gasteiger partial charge in [0.05, 0.1) is 17.4 Å². The lowest BCUT2D eigenvalue weighted by Crippen LogP contribution is -2.45. The number of nitrogens with one attached hydrogen (secondary N) is 2. The number of aliphatic carboxylic acids is 1. The minimum absolute atomic E-state index is 0.00955. The summed E-state index contributed by atoms with van der Waals surface area (Å²) in [5.41, 5.74) is 1.16. The number of hydrogen-bond acceptors (Lipinski definition) is 6. The monoisotopic (exact) mass is 503 g/mol. The Hall–Kier alpha value is -2.89. The lowest BCUT2D eigenvalue weighted by Gasteiger charge is -2.31. The normalized spacial score (nSPS) is 13.7. The summed E-state index contributed by atoms with van der Waals surface area (Å²) in [5, 5.41) is 13.4. The van der Waals surface area contributed by atoms with Crippen molar-refractivity contribution in [1.29, 1.82) is 0 Å². The molecule has 1 aliphatic heterocycles. The fourth-order valence-electron chi connectivity index (χ4n) is 3.42. The Kier molecular flexibility index (Phi) is 12.5. The summed E-state index contributed by atoms with van der Waals surface area (Å²) in [4.78, 5) is 43.0. The Labute approximate surface area is 204 Å². The number of nitrogens with zero attached hydrogens (tertiary/aromatic N) is 3. The number of carboxylic acid groups (broad SMARTS) is 1.